The fourth-order valence-corrected chi connectivity index (χ4v) is 2.87. The lowest BCUT2D eigenvalue weighted by Crippen LogP contribution is -2.40. The van der Waals surface area contributed by atoms with Gasteiger partial charge in [0.1, 0.15) is 0 Å². The van der Waals surface area contributed by atoms with E-state index in [0.29, 0.717) is 6.04 Å². The summed E-state index contributed by atoms with van der Waals surface area (Å²) in [6.45, 7) is 14.2. The van der Waals surface area contributed by atoms with Gasteiger partial charge in [0.25, 0.3) is 0 Å². The predicted octanol–water partition coefficient (Wildman–Crippen LogP) is 3.91. The highest BCUT2D eigenvalue weighted by atomic mass is 16.5. The Morgan fingerprint density at radius 2 is 1.38 bits per heavy atom. The highest BCUT2D eigenvalue weighted by Crippen LogP contribution is 2.23. The van der Waals surface area contributed by atoms with Crippen LogP contribution in [0.1, 0.15) is 80.1 Å². The molecule has 0 aromatic heterocycles. The summed E-state index contributed by atoms with van der Waals surface area (Å²) in [7, 11) is 0. The summed E-state index contributed by atoms with van der Waals surface area (Å²) < 4.78 is 5.19. The Kier molecular flexibility index (Phi) is 14.4. The summed E-state index contributed by atoms with van der Waals surface area (Å²) in [5.41, 5.74) is 0. The van der Waals surface area contributed by atoms with Crippen molar-refractivity contribution in [3.63, 3.8) is 0 Å². The van der Waals surface area contributed by atoms with Gasteiger partial charge in [0.15, 0.2) is 0 Å². The Morgan fingerprint density at radius 1 is 0.885 bits per heavy atom. The zero-order valence-electron chi connectivity index (χ0n) is 17.9. The van der Waals surface area contributed by atoms with Crippen molar-refractivity contribution in [3.05, 3.63) is 0 Å². The van der Waals surface area contributed by atoms with E-state index in [0.717, 1.165) is 38.5 Å². The molecule has 2 fully saturated rings. The Bertz CT molecular complexity index is 371. The minimum Gasteiger partial charge on any atom is -0.381 e. The maximum atomic E-state index is 11.3. The Morgan fingerprint density at radius 3 is 1.85 bits per heavy atom. The summed E-state index contributed by atoms with van der Waals surface area (Å²) in [5.74, 6) is 1.33. The minimum atomic E-state index is 0.0906. The molecule has 0 bridgehead atoms. The molecule has 5 heteroatoms. The van der Waals surface area contributed by atoms with Crippen LogP contribution in [0.4, 0.5) is 0 Å². The van der Waals surface area contributed by atoms with E-state index in [1.165, 1.54) is 25.7 Å². The highest BCUT2D eigenvalue weighted by Gasteiger charge is 2.17. The molecule has 2 amide bonds. The van der Waals surface area contributed by atoms with Crippen molar-refractivity contribution in [2.45, 2.75) is 86.1 Å². The van der Waals surface area contributed by atoms with Crippen LogP contribution < -0.4 is 10.6 Å². The van der Waals surface area contributed by atoms with E-state index < -0.39 is 0 Å². The molecule has 1 aliphatic carbocycles. The van der Waals surface area contributed by atoms with E-state index in [-0.39, 0.29) is 23.7 Å². The number of carbonyl (C=O) groups excluding carboxylic acids is 2. The van der Waals surface area contributed by atoms with Crippen molar-refractivity contribution in [3.8, 4) is 0 Å². The second kappa shape index (κ2) is 15.0. The smallest absolute Gasteiger partial charge is 0.222 e. The van der Waals surface area contributed by atoms with E-state index in [1.54, 1.807) is 0 Å². The standard InChI is InChI=1S/C10H19NO.C9H17NO2.C2H6/c1-8(2)10(12)11-7-9-5-3-4-6-9;1-7(2)9(11)10-8-3-5-12-6-4-8;1-2/h8-9H,3-7H2,1-2H3,(H,11,12);7-8H,3-6H2,1-2H3,(H,10,11);1-2H3. The molecule has 2 rings (SSSR count). The van der Waals surface area contributed by atoms with Gasteiger partial charge in [0, 0.05) is 37.6 Å². The molecule has 0 radical (unpaired) electrons. The SMILES string of the molecule is CC.CC(C)C(=O)NC1CCOCC1.CC(C)C(=O)NCC1CCCC1. The van der Waals surface area contributed by atoms with Crippen LogP contribution in [0.15, 0.2) is 0 Å². The van der Waals surface area contributed by atoms with Gasteiger partial charge in [0.05, 0.1) is 0 Å². The first kappa shape index (κ1) is 24.9. The first-order chi connectivity index (χ1) is 12.4. The number of nitrogens with one attached hydrogen (secondary N) is 2. The average Bonchev–Trinajstić information content (AvgIpc) is 3.16. The van der Waals surface area contributed by atoms with Gasteiger partial charge in [-0.1, -0.05) is 54.4 Å². The lowest BCUT2D eigenvalue weighted by Gasteiger charge is -2.23. The number of amides is 2. The molecular weight excluding hydrogens is 328 g/mol. The van der Waals surface area contributed by atoms with Crippen molar-refractivity contribution in [1.29, 1.82) is 0 Å². The van der Waals surface area contributed by atoms with Crippen LogP contribution in [0.3, 0.4) is 0 Å². The summed E-state index contributed by atoms with van der Waals surface area (Å²) in [6.07, 6.45) is 7.22. The lowest BCUT2D eigenvalue weighted by molar-refractivity contribution is -0.125. The first-order valence-corrected chi connectivity index (χ1v) is 10.6. The molecule has 1 saturated carbocycles. The van der Waals surface area contributed by atoms with Crippen LogP contribution in [0.5, 0.6) is 0 Å². The maximum absolute atomic E-state index is 11.3. The molecule has 1 heterocycles. The quantitative estimate of drug-likeness (QED) is 0.771. The van der Waals surface area contributed by atoms with Crippen LogP contribution >= 0.6 is 0 Å². The van der Waals surface area contributed by atoms with E-state index >= 15 is 0 Å². The van der Waals surface area contributed by atoms with Gasteiger partial charge in [-0.15, -0.1) is 0 Å². The van der Waals surface area contributed by atoms with Crippen molar-refractivity contribution in [1.82, 2.24) is 10.6 Å². The average molecular weight is 371 g/mol. The van der Waals surface area contributed by atoms with Crippen molar-refractivity contribution in [2.75, 3.05) is 19.8 Å². The molecule has 1 aliphatic heterocycles. The van der Waals surface area contributed by atoms with Crippen LogP contribution in [0.2, 0.25) is 0 Å². The Labute approximate surface area is 161 Å². The van der Waals surface area contributed by atoms with Gasteiger partial charge >= 0.3 is 0 Å². The molecule has 2 N–H and O–H groups in total. The molecule has 0 unspecified atom stereocenters. The predicted molar refractivity (Wildman–Crippen MR) is 108 cm³/mol. The van der Waals surface area contributed by atoms with Crippen LogP contribution in [0, 0.1) is 17.8 Å². The van der Waals surface area contributed by atoms with Crippen molar-refractivity contribution >= 4 is 11.8 Å². The molecule has 154 valence electrons. The number of rotatable bonds is 5. The topological polar surface area (TPSA) is 67.4 Å². The van der Waals surface area contributed by atoms with E-state index in [4.69, 9.17) is 4.74 Å². The summed E-state index contributed by atoms with van der Waals surface area (Å²) in [4.78, 5) is 22.4. The number of ether oxygens (including phenoxy) is 1. The minimum absolute atomic E-state index is 0.0906. The fraction of sp³-hybridized carbons (Fsp3) is 0.905. The summed E-state index contributed by atoms with van der Waals surface area (Å²) in [5, 5.41) is 5.98. The zero-order chi connectivity index (χ0) is 19.9. The molecule has 0 spiro atoms. The third-order valence-electron chi connectivity index (χ3n) is 4.66. The normalized spacial score (nSPS) is 17.8. The van der Waals surface area contributed by atoms with Crippen molar-refractivity contribution < 1.29 is 14.3 Å². The van der Waals surface area contributed by atoms with Crippen LogP contribution in [-0.2, 0) is 14.3 Å². The van der Waals surface area contributed by atoms with Gasteiger partial charge < -0.3 is 15.4 Å². The number of carbonyl (C=O) groups is 2. The monoisotopic (exact) mass is 370 g/mol. The van der Waals surface area contributed by atoms with Gasteiger partial charge in [-0.25, -0.2) is 0 Å². The van der Waals surface area contributed by atoms with E-state index in [1.807, 2.05) is 41.5 Å². The molecule has 5 nitrogen and oxygen atoms in total. The van der Waals surface area contributed by atoms with Gasteiger partial charge in [-0.05, 0) is 31.6 Å². The summed E-state index contributed by atoms with van der Waals surface area (Å²) >= 11 is 0. The zero-order valence-corrected chi connectivity index (χ0v) is 17.9. The first-order valence-electron chi connectivity index (χ1n) is 10.6. The second-order valence-electron chi connectivity index (χ2n) is 7.60. The maximum Gasteiger partial charge on any atom is 0.222 e. The highest BCUT2D eigenvalue weighted by molar-refractivity contribution is 5.78. The molecule has 26 heavy (non-hydrogen) atoms. The van der Waals surface area contributed by atoms with Gasteiger partial charge in [-0.2, -0.15) is 0 Å². The molecular formula is C21H42N2O3. The molecule has 1 saturated heterocycles. The van der Waals surface area contributed by atoms with Gasteiger partial charge in [0.2, 0.25) is 11.8 Å². The molecule has 2 aliphatic rings. The summed E-state index contributed by atoms with van der Waals surface area (Å²) in [6, 6.07) is 0.341. The molecule has 0 atom stereocenters. The van der Waals surface area contributed by atoms with Crippen LogP contribution in [0.25, 0.3) is 0 Å². The number of hydrogen-bond acceptors (Lipinski definition) is 3. The largest absolute Gasteiger partial charge is 0.381 e. The van der Waals surface area contributed by atoms with Gasteiger partial charge in [-0.3, -0.25) is 9.59 Å². The Hall–Kier alpha value is -1.10. The lowest BCUT2D eigenvalue weighted by atomic mass is 10.1. The molecule has 0 aromatic carbocycles. The third kappa shape index (κ3) is 11.5. The van der Waals surface area contributed by atoms with E-state index in [2.05, 4.69) is 10.6 Å². The second-order valence-corrected chi connectivity index (χ2v) is 7.60. The van der Waals surface area contributed by atoms with Crippen molar-refractivity contribution in [2.24, 2.45) is 17.8 Å². The van der Waals surface area contributed by atoms with E-state index in [9.17, 15) is 9.59 Å². The van der Waals surface area contributed by atoms with Crippen LogP contribution in [-0.4, -0.2) is 37.6 Å². The number of hydrogen-bond donors (Lipinski definition) is 2. The fourth-order valence-electron chi connectivity index (χ4n) is 2.87. The molecule has 0 aromatic rings. The Balaban J connectivity index is 0.000000439. The third-order valence-corrected chi connectivity index (χ3v) is 4.66.